The van der Waals surface area contributed by atoms with E-state index < -0.39 is 0 Å². The number of para-hydroxylation sites is 1. The van der Waals surface area contributed by atoms with Gasteiger partial charge in [0.25, 0.3) is 0 Å². The van der Waals surface area contributed by atoms with Crippen LogP contribution in [0.5, 0.6) is 5.75 Å². The van der Waals surface area contributed by atoms with Gasteiger partial charge in [-0.05, 0) is 35.0 Å². The van der Waals surface area contributed by atoms with Crippen molar-refractivity contribution in [3.8, 4) is 5.75 Å². The summed E-state index contributed by atoms with van der Waals surface area (Å²) in [6, 6.07) is 7.89. The van der Waals surface area contributed by atoms with E-state index in [1.54, 1.807) is 0 Å². The van der Waals surface area contributed by atoms with Gasteiger partial charge in [-0.15, -0.1) is 0 Å². The molecule has 1 aromatic carbocycles. The third kappa shape index (κ3) is 5.00. The molecule has 116 valence electrons. The molecular formula is C16H23BrNO3+. The van der Waals surface area contributed by atoms with Crippen LogP contribution in [0.4, 0.5) is 0 Å². The molecule has 0 aliphatic carbocycles. The molecule has 0 radical (unpaired) electrons. The van der Waals surface area contributed by atoms with E-state index in [4.69, 9.17) is 9.47 Å². The van der Waals surface area contributed by atoms with E-state index in [0.717, 1.165) is 42.7 Å². The van der Waals surface area contributed by atoms with Crippen LogP contribution in [-0.4, -0.2) is 38.8 Å². The summed E-state index contributed by atoms with van der Waals surface area (Å²) < 4.78 is 11.9. The lowest BCUT2D eigenvalue weighted by molar-refractivity contribution is -0.905. The van der Waals surface area contributed by atoms with Gasteiger partial charge in [0.15, 0.2) is 0 Å². The number of ether oxygens (including phenoxy) is 2. The number of likely N-dealkylation sites (tertiary alicyclic amines) is 1. The van der Waals surface area contributed by atoms with Crippen LogP contribution in [0.15, 0.2) is 28.7 Å². The molecule has 1 aromatic rings. The van der Waals surface area contributed by atoms with E-state index in [2.05, 4.69) is 15.9 Å². The van der Waals surface area contributed by atoms with Gasteiger partial charge in [0, 0.05) is 12.8 Å². The number of rotatable bonds is 6. The topological polar surface area (TPSA) is 40.0 Å². The molecule has 0 atom stereocenters. The largest absolute Gasteiger partial charge is 0.487 e. The Hall–Kier alpha value is -1.07. The lowest BCUT2D eigenvalue weighted by Gasteiger charge is -2.28. The first-order valence-electron chi connectivity index (χ1n) is 7.58. The lowest BCUT2D eigenvalue weighted by Crippen LogP contribution is -3.13. The molecular weight excluding hydrogens is 334 g/mol. The average molecular weight is 357 g/mol. The molecule has 4 nitrogen and oxygen atoms in total. The highest BCUT2D eigenvalue weighted by Gasteiger charge is 2.28. The van der Waals surface area contributed by atoms with Crippen molar-refractivity contribution >= 4 is 21.9 Å². The molecule has 0 spiro atoms. The molecule has 1 aliphatic rings. The minimum atomic E-state index is -0.0268. The predicted molar refractivity (Wildman–Crippen MR) is 84.6 cm³/mol. The summed E-state index contributed by atoms with van der Waals surface area (Å²) in [5, 5.41) is 0. The normalized spacial score (nSPS) is 21.8. The van der Waals surface area contributed by atoms with E-state index in [9.17, 15) is 4.79 Å². The van der Waals surface area contributed by atoms with Gasteiger partial charge in [0.1, 0.15) is 18.9 Å². The number of piperidine rings is 1. The maximum Gasteiger partial charge on any atom is 0.309 e. The first-order chi connectivity index (χ1) is 10.2. The molecule has 21 heavy (non-hydrogen) atoms. The highest BCUT2D eigenvalue weighted by atomic mass is 79.9. The van der Waals surface area contributed by atoms with Crippen molar-refractivity contribution in [3.05, 3.63) is 28.7 Å². The molecule has 0 bridgehead atoms. The molecule has 1 saturated heterocycles. The van der Waals surface area contributed by atoms with Crippen LogP contribution in [0.2, 0.25) is 0 Å². The van der Waals surface area contributed by atoms with Crippen LogP contribution in [0.1, 0.15) is 19.8 Å². The highest BCUT2D eigenvalue weighted by Crippen LogP contribution is 2.23. The second-order valence-electron chi connectivity index (χ2n) is 5.31. The van der Waals surface area contributed by atoms with Crippen molar-refractivity contribution in [2.45, 2.75) is 19.8 Å². The first kappa shape index (κ1) is 16.3. The molecule has 5 heteroatoms. The van der Waals surface area contributed by atoms with Crippen molar-refractivity contribution in [2.75, 3.05) is 32.8 Å². The van der Waals surface area contributed by atoms with Gasteiger partial charge in [-0.1, -0.05) is 12.1 Å². The zero-order valence-corrected chi connectivity index (χ0v) is 14.0. The van der Waals surface area contributed by atoms with Gasteiger partial charge in [-0.2, -0.15) is 0 Å². The predicted octanol–water partition coefficient (Wildman–Crippen LogP) is 1.69. The number of quaternary nitrogens is 1. The molecule has 1 N–H and O–H groups in total. The minimum Gasteiger partial charge on any atom is -0.487 e. The molecule has 1 fully saturated rings. The van der Waals surface area contributed by atoms with Crippen molar-refractivity contribution in [3.63, 3.8) is 0 Å². The third-order valence-corrected chi connectivity index (χ3v) is 4.52. The van der Waals surface area contributed by atoms with Crippen LogP contribution < -0.4 is 9.64 Å². The molecule has 0 saturated carbocycles. The van der Waals surface area contributed by atoms with Crippen LogP contribution in [-0.2, 0) is 9.53 Å². The molecule has 0 unspecified atom stereocenters. The van der Waals surface area contributed by atoms with Crippen LogP contribution in [0.3, 0.4) is 0 Å². The summed E-state index contributed by atoms with van der Waals surface area (Å²) in [6.45, 7) is 6.04. The van der Waals surface area contributed by atoms with Crippen LogP contribution in [0, 0.1) is 5.92 Å². The molecule has 1 aliphatic heterocycles. The smallest absolute Gasteiger partial charge is 0.309 e. The van der Waals surface area contributed by atoms with Gasteiger partial charge in [0.2, 0.25) is 0 Å². The lowest BCUT2D eigenvalue weighted by atomic mass is 9.97. The fraction of sp³-hybridized carbons (Fsp3) is 0.562. The number of halogens is 1. The van der Waals surface area contributed by atoms with Gasteiger partial charge in [-0.3, -0.25) is 4.79 Å². The number of carbonyl (C=O) groups excluding carboxylic acids is 1. The Morgan fingerprint density at radius 2 is 2.05 bits per heavy atom. The van der Waals surface area contributed by atoms with E-state index in [0.29, 0.717) is 13.2 Å². The van der Waals surface area contributed by atoms with E-state index in [1.165, 1.54) is 4.90 Å². The Kier molecular flexibility index (Phi) is 6.51. The zero-order chi connectivity index (χ0) is 15.1. The Morgan fingerprint density at radius 3 is 2.71 bits per heavy atom. The number of carbonyl (C=O) groups is 1. The number of hydrogen-bond acceptors (Lipinski definition) is 3. The highest BCUT2D eigenvalue weighted by molar-refractivity contribution is 9.10. The Labute approximate surface area is 134 Å². The number of nitrogens with one attached hydrogen (secondary N) is 1. The summed E-state index contributed by atoms with van der Waals surface area (Å²) in [5.41, 5.74) is 0. The number of hydrogen-bond donors (Lipinski definition) is 1. The SMILES string of the molecule is CCOC(=O)C1CC[NH+](CCOc2ccccc2Br)CC1. The summed E-state index contributed by atoms with van der Waals surface area (Å²) >= 11 is 3.48. The van der Waals surface area contributed by atoms with Crippen LogP contribution >= 0.6 is 15.9 Å². The van der Waals surface area contributed by atoms with Crippen molar-refractivity contribution < 1.29 is 19.2 Å². The Bertz CT molecular complexity index is 459. The minimum absolute atomic E-state index is 0.0268. The monoisotopic (exact) mass is 356 g/mol. The first-order valence-corrected chi connectivity index (χ1v) is 8.37. The fourth-order valence-electron chi connectivity index (χ4n) is 2.64. The molecule has 0 amide bonds. The second kappa shape index (κ2) is 8.39. The molecule has 2 rings (SSSR count). The molecule has 0 aromatic heterocycles. The number of benzene rings is 1. The summed E-state index contributed by atoms with van der Waals surface area (Å²) in [6.07, 6.45) is 1.84. The zero-order valence-electron chi connectivity index (χ0n) is 12.4. The average Bonchev–Trinajstić information content (AvgIpc) is 2.50. The Balaban J connectivity index is 1.67. The quantitative estimate of drug-likeness (QED) is 0.788. The van der Waals surface area contributed by atoms with Gasteiger partial charge in [0.05, 0.1) is 30.1 Å². The van der Waals surface area contributed by atoms with Gasteiger partial charge >= 0.3 is 5.97 Å². The van der Waals surface area contributed by atoms with Crippen LogP contribution in [0.25, 0.3) is 0 Å². The number of esters is 1. The Morgan fingerprint density at radius 1 is 1.33 bits per heavy atom. The van der Waals surface area contributed by atoms with E-state index in [1.807, 2.05) is 31.2 Å². The van der Waals surface area contributed by atoms with E-state index in [-0.39, 0.29) is 11.9 Å². The van der Waals surface area contributed by atoms with Crippen molar-refractivity contribution in [1.29, 1.82) is 0 Å². The molecule has 1 heterocycles. The van der Waals surface area contributed by atoms with Gasteiger partial charge in [-0.25, -0.2) is 0 Å². The van der Waals surface area contributed by atoms with Gasteiger partial charge < -0.3 is 14.4 Å². The maximum absolute atomic E-state index is 11.7. The standard InChI is InChI=1S/C16H22BrNO3/c1-2-20-16(19)13-7-9-18(10-8-13)11-12-21-15-6-4-3-5-14(15)17/h3-6,13H,2,7-12H2,1H3/p+1. The summed E-state index contributed by atoms with van der Waals surface area (Å²) in [5.74, 6) is 0.956. The fourth-order valence-corrected chi connectivity index (χ4v) is 3.04. The van der Waals surface area contributed by atoms with E-state index >= 15 is 0 Å². The second-order valence-corrected chi connectivity index (χ2v) is 6.16. The summed E-state index contributed by atoms with van der Waals surface area (Å²) in [7, 11) is 0. The summed E-state index contributed by atoms with van der Waals surface area (Å²) in [4.78, 5) is 13.2. The van der Waals surface area contributed by atoms with Crippen molar-refractivity contribution in [1.82, 2.24) is 0 Å². The maximum atomic E-state index is 11.7. The third-order valence-electron chi connectivity index (χ3n) is 3.86. The van der Waals surface area contributed by atoms with Crippen molar-refractivity contribution in [2.24, 2.45) is 5.92 Å².